The Bertz CT molecular complexity index is 131. The van der Waals surface area contributed by atoms with Crippen LogP contribution in [0.15, 0.2) is 0 Å². The molecule has 0 aliphatic heterocycles. The van der Waals surface area contributed by atoms with Gasteiger partial charge in [-0.3, -0.25) is 0 Å². The van der Waals surface area contributed by atoms with E-state index in [0.717, 1.165) is 18.8 Å². The van der Waals surface area contributed by atoms with Crippen LogP contribution >= 0.6 is 0 Å². The lowest BCUT2D eigenvalue weighted by atomic mass is 9.70. The first-order valence-electron chi connectivity index (χ1n) is 5.02. The molecule has 0 spiro atoms. The summed E-state index contributed by atoms with van der Waals surface area (Å²) in [5, 5.41) is 0. The van der Waals surface area contributed by atoms with Crippen molar-refractivity contribution in [1.29, 1.82) is 0 Å². The summed E-state index contributed by atoms with van der Waals surface area (Å²) in [6.07, 6.45) is 7.97. The third-order valence-corrected chi connectivity index (χ3v) is 3.49. The molecule has 2 fully saturated rings. The Morgan fingerprint density at radius 2 is 1.55 bits per heavy atom. The van der Waals surface area contributed by atoms with Gasteiger partial charge in [-0.15, -0.1) is 0 Å². The number of alkyl halides is 1. The van der Waals surface area contributed by atoms with Crippen molar-refractivity contribution in [3.8, 4) is 0 Å². The molecule has 0 unspecified atom stereocenters. The van der Waals surface area contributed by atoms with Gasteiger partial charge in [-0.1, -0.05) is 25.7 Å². The molecular formula is C10H17F. The minimum Gasteiger partial charge on any atom is -0.247 e. The van der Waals surface area contributed by atoms with Gasteiger partial charge >= 0.3 is 0 Å². The second-order valence-corrected chi connectivity index (χ2v) is 4.16. The van der Waals surface area contributed by atoms with E-state index in [2.05, 4.69) is 0 Å². The molecule has 0 radical (unpaired) electrons. The summed E-state index contributed by atoms with van der Waals surface area (Å²) in [5.74, 6) is 1.21. The first kappa shape index (κ1) is 7.57. The topological polar surface area (TPSA) is 0 Å². The fourth-order valence-corrected chi connectivity index (χ4v) is 2.86. The third kappa shape index (κ3) is 1.43. The Morgan fingerprint density at radius 1 is 0.818 bits per heavy atom. The second kappa shape index (κ2) is 3.12. The van der Waals surface area contributed by atoms with Crippen molar-refractivity contribution in [2.45, 2.75) is 51.1 Å². The standard InChI is InChI=1S/C10H17F/c11-10-7-3-5-8-4-1-2-6-9(8)10/h8-10H,1-7H2/t8-,9-,10-/m1/s1. The molecule has 11 heavy (non-hydrogen) atoms. The van der Waals surface area contributed by atoms with Gasteiger partial charge in [-0.05, 0) is 31.1 Å². The Labute approximate surface area is 68.2 Å². The Hall–Kier alpha value is -0.0700. The molecule has 1 heteroatoms. The van der Waals surface area contributed by atoms with Crippen LogP contribution in [-0.4, -0.2) is 6.17 Å². The molecule has 2 rings (SSSR count). The molecule has 0 saturated heterocycles. The smallest absolute Gasteiger partial charge is 0.103 e. The lowest BCUT2D eigenvalue weighted by molar-refractivity contribution is 0.0717. The predicted molar refractivity (Wildman–Crippen MR) is 44.2 cm³/mol. The van der Waals surface area contributed by atoms with E-state index >= 15 is 0 Å². The number of hydrogen-bond acceptors (Lipinski definition) is 0. The zero-order valence-corrected chi connectivity index (χ0v) is 7.06. The first-order chi connectivity index (χ1) is 5.38. The monoisotopic (exact) mass is 156 g/mol. The molecule has 0 aromatic rings. The molecule has 64 valence electrons. The number of hydrogen-bond donors (Lipinski definition) is 0. The van der Waals surface area contributed by atoms with E-state index in [-0.39, 0.29) is 0 Å². The molecule has 2 aliphatic carbocycles. The van der Waals surface area contributed by atoms with Gasteiger partial charge in [0.15, 0.2) is 0 Å². The normalized spacial score (nSPS) is 45.0. The molecule has 0 aromatic heterocycles. The lowest BCUT2D eigenvalue weighted by Gasteiger charge is -2.37. The van der Waals surface area contributed by atoms with E-state index in [0.29, 0.717) is 5.92 Å². The molecule has 0 heterocycles. The van der Waals surface area contributed by atoms with Crippen LogP contribution in [0.4, 0.5) is 4.39 Å². The highest BCUT2D eigenvalue weighted by molar-refractivity contribution is 4.84. The maximum atomic E-state index is 13.3. The SMILES string of the molecule is F[C@@H]1CCC[C@H]2CCCC[C@H]21. The summed E-state index contributed by atoms with van der Waals surface area (Å²) in [5.41, 5.74) is 0. The maximum Gasteiger partial charge on any atom is 0.103 e. The molecule has 0 N–H and O–H groups in total. The van der Waals surface area contributed by atoms with E-state index in [9.17, 15) is 4.39 Å². The molecule has 0 nitrogen and oxygen atoms in total. The average molecular weight is 156 g/mol. The van der Waals surface area contributed by atoms with Gasteiger partial charge in [-0.25, -0.2) is 4.39 Å². The van der Waals surface area contributed by atoms with Crippen LogP contribution in [0.5, 0.6) is 0 Å². The van der Waals surface area contributed by atoms with E-state index < -0.39 is 6.17 Å². The van der Waals surface area contributed by atoms with E-state index in [1.807, 2.05) is 0 Å². The Balaban J connectivity index is 1.99. The quantitative estimate of drug-likeness (QED) is 0.504. The predicted octanol–water partition coefficient (Wildman–Crippen LogP) is 3.31. The maximum absolute atomic E-state index is 13.3. The Morgan fingerprint density at radius 3 is 2.36 bits per heavy atom. The highest BCUT2D eigenvalue weighted by Gasteiger charge is 2.34. The highest BCUT2D eigenvalue weighted by Crippen LogP contribution is 2.41. The molecule has 0 amide bonds. The number of halogens is 1. The molecule has 2 saturated carbocycles. The summed E-state index contributed by atoms with van der Waals surface area (Å²) in [7, 11) is 0. The van der Waals surface area contributed by atoms with Gasteiger partial charge in [0.2, 0.25) is 0 Å². The summed E-state index contributed by atoms with van der Waals surface area (Å²) in [6.45, 7) is 0. The Kier molecular flexibility index (Phi) is 2.15. The van der Waals surface area contributed by atoms with Crippen molar-refractivity contribution in [3.63, 3.8) is 0 Å². The van der Waals surface area contributed by atoms with E-state index in [4.69, 9.17) is 0 Å². The van der Waals surface area contributed by atoms with Crippen LogP contribution in [0.2, 0.25) is 0 Å². The second-order valence-electron chi connectivity index (χ2n) is 4.16. The number of rotatable bonds is 0. The minimum absolute atomic E-state index is 0.450. The van der Waals surface area contributed by atoms with Gasteiger partial charge < -0.3 is 0 Å². The van der Waals surface area contributed by atoms with Gasteiger partial charge in [0.05, 0.1) is 0 Å². The largest absolute Gasteiger partial charge is 0.247 e. The number of fused-ring (bicyclic) bond motifs is 1. The van der Waals surface area contributed by atoms with Crippen LogP contribution in [-0.2, 0) is 0 Å². The summed E-state index contributed by atoms with van der Waals surface area (Å²) in [4.78, 5) is 0. The van der Waals surface area contributed by atoms with Crippen molar-refractivity contribution < 1.29 is 4.39 Å². The van der Waals surface area contributed by atoms with Crippen LogP contribution in [0.25, 0.3) is 0 Å². The van der Waals surface area contributed by atoms with Crippen molar-refractivity contribution in [2.24, 2.45) is 11.8 Å². The zero-order valence-electron chi connectivity index (χ0n) is 7.06. The molecule has 0 aromatic carbocycles. The first-order valence-corrected chi connectivity index (χ1v) is 5.02. The van der Waals surface area contributed by atoms with Crippen molar-refractivity contribution in [3.05, 3.63) is 0 Å². The van der Waals surface area contributed by atoms with Crippen LogP contribution in [0.3, 0.4) is 0 Å². The zero-order chi connectivity index (χ0) is 7.68. The molecular weight excluding hydrogens is 139 g/mol. The summed E-state index contributed by atoms with van der Waals surface area (Å²) >= 11 is 0. The van der Waals surface area contributed by atoms with Gasteiger partial charge in [0.25, 0.3) is 0 Å². The highest BCUT2D eigenvalue weighted by atomic mass is 19.1. The summed E-state index contributed by atoms with van der Waals surface area (Å²) in [6, 6.07) is 0. The van der Waals surface area contributed by atoms with Crippen molar-refractivity contribution in [2.75, 3.05) is 0 Å². The van der Waals surface area contributed by atoms with Gasteiger partial charge in [0, 0.05) is 0 Å². The minimum atomic E-state index is -0.450. The van der Waals surface area contributed by atoms with Crippen LogP contribution in [0.1, 0.15) is 44.9 Å². The fourth-order valence-electron chi connectivity index (χ4n) is 2.86. The van der Waals surface area contributed by atoms with Crippen molar-refractivity contribution >= 4 is 0 Å². The summed E-state index contributed by atoms with van der Waals surface area (Å²) < 4.78 is 13.3. The van der Waals surface area contributed by atoms with E-state index in [1.54, 1.807) is 0 Å². The van der Waals surface area contributed by atoms with Gasteiger partial charge in [0.1, 0.15) is 6.17 Å². The molecule has 3 atom stereocenters. The van der Waals surface area contributed by atoms with Crippen LogP contribution in [0, 0.1) is 11.8 Å². The van der Waals surface area contributed by atoms with Crippen molar-refractivity contribution in [1.82, 2.24) is 0 Å². The van der Waals surface area contributed by atoms with Gasteiger partial charge in [-0.2, -0.15) is 0 Å². The fraction of sp³-hybridized carbons (Fsp3) is 1.00. The van der Waals surface area contributed by atoms with E-state index in [1.165, 1.54) is 32.1 Å². The average Bonchev–Trinajstić information content (AvgIpc) is 2.06. The lowest BCUT2D eigenvalue weighted by Crippen LogP contribution is -2.31. The van der Waals surface area contributed by atoms with Crippen LogP contribution < -0.4 is 0 Å². The molecule has 2 aliphatic rings. The molecule has 0 bridgehead atoms. The third-order valence-electron chi connectivity index (χ3n) is 3.49.